The first-order valence-electron chi connectivity index (χ1n) is 15.7. The number of ether oxygens (including phenoxy) is 1. The molecule has 3 fully saturated rings. The number of esters is 1. The van der Waals surface area contributed by atoms with Crippen LogP contribution in [0.15, 0.2) is 42.0 Å². The highest BCUT2D eigenvalue weighted by atomic mass is 16.5. The van der Waals surface area contributed by atoms with Crippen LogP contribution in [0.3, 0.4) is 0 Å². The fraction of sp³-hybridized carbons (Fsp3) is 0.743. The lowest BCUT2D eigenvalue weighted by Crippen LogP contribution is -2.51. The van der Waals surface area contributed by atoms with Crippen molar-refractivity contribution in [1.29, 1.82) is 0 Å². The first kappa shape index (κ1) is 27.0. The van der Waals surface area contributed by atoms with Crippen LogP contribution in [0.5, 0.6) is 0 Å². The van der Waals surface area contributed by atoms with Crippen LogP contribution in [-0.2, 0) is 4.74 Å². The van der Waals surface area contributed by atoms with Gasteiger partial charge in [-0.25, -0.2) is 4.79 Å². The Kier molecular flexibility index (Phi) is 7.95. The van der Waals surface area contributed by atoms with E-state index in [9.17, 15) is 4.79 Å². The summed E-state index contributed by atoms with van der Waals surface area (Å²) in [6.07, 6.45) is 18.4. The van der Waals surface area contributed by atoms with Crippen LogP contribution in [-0.4, -0.2) is 12.1 Å². The van der Waals surface area contributed by atoms with E-state index in [4.69, 9.17) is 4.74 Å². The van der Waals surface area contributed by atoms with Gasteiger partial charge in [-0.05, 0) is 103 Å². The smallest absolute Gasteiger partial charge is 0.338 e. The quantitative estimate of drug-likeness (QED) is 0.200. The molecule has 8 atom stereocenters. The summed E-state index contributed by atoms with van der Waals surface area (Å²) in [7, 11) is 0. The second kappa shape index (κ2) is 10.9. The van der Waals surface area contributed by atoms with Gasteiger partial charge in [0.25, 0.3) is 0 Å². The Morgan fingerprint density at radius 2 is 1.70 bits per heavy atom. The molecule has 0 radical (unpaired) electrons. The van der Waals surface area contributed by atoms with Crippen LogP contribution < -0.4 is 0 Å². The number of hydrogen-bond acceptors (Lipinski definition) is 2. The summed E-state index contributed by atoms with van der Waals surface area (Å²) in [5.41, 5.74) is 3.12. The summed E-state index contributed by atoms with van der Waals surface area (Å²) in [5, 5.41) is 0. The number of hydrogen-bond donors (Lipinski definition) is 0. The minimum absolute atomic E-state index is 0.0323. The third-order valence-corrected chi connectivity index (χ3v) is 11.8. The average Bonchev–Trinajstić information content (AvgIpc) is 3.24. The topological polar surface area (TPSA) is 26.3 Å². The molecule has 0 bridgehead atoms. The van der Waals surface area contributed by atoms with E-state index >= 15 is 0 Å². The fourth-order valence-corrected chi connectivity index (χ4v) is 9.72. The zero-order chi connectivity index (χ0) is 26.2. The average molecular weight is 505 g/mol. The minimum atomic E-state index is -0.160. The molecule has 204 valence electrons. The maximum Gasteiger partial charge on any atom is 0.338 e. The molecule has 2 heteroatoms. The van der Waals surface area contributed by atoms with Crippen molar-refractivity contribution < 1.29 is 9.53 Å². The molecule has 0 aromatic heterocycles. The van der Waals surface area contributed by atoms with E-state index in [-0.39, 0.29) is 12.1 Å². The van der Waals surface area contributed by atoms with Gasteiger partial charge >= 0.3 is 5.97 Å². The Hall–Kier alpha value is -1.57. The normalized spacial score (nSPS) is 37.8. The molecule has 2 nitrogen and oxygen atoms in total. The summed E-state index contributed by atoms with van der Waals surface area (Å²) in [6, 6.07) is 9.50. The van der Waals surface area contributed by atoms with Gasteiger partial charge < -0.3 is 4.74 Å². The molecule has 0 heterocycles. The molecular formula is C35H52O2. The first-order valence-corrected chi connectivity index (χ1v) is 15.7. The standard InChI is InChI=1S/C35H52O2/c1-24(2)11-9-10-12-25(3)30-17-18-31-29-16-15-27-23-28(37-33(36)26-13-7-6-8-14-26)19-21-34(27,4)32(29)20-22-35(30,31)5/h6-8,13-15,24-25,28-32H,9-12,16-23H2,1-5H3/t25-,28+,29?,30-,31?,32?,34+,35-/m1/s1. The highest BCUT2D eigenvalue weighted by Gasteiger charge is 2.59. The van der Waals surface area contributed by atoms with E-state index in [1.807, 2.05) is 30.3 Å². The summed E-state index contributed by atoms with van der Waals surface area (Å²) < 4.78 is 6.01. The van der Waals surface area contributed by atoms with E-state index in [0.717, 1.165) is 48.3 Å². The number of benzene rings is 1. The summed E-state index contributed by atoms with van der Waals surface area (Å²) in [5.74, 6) is 5.05. The molecule has 5 rings (SSSR count). The zero-order valence-corrected chi connectivity index (χ0v) is 24.3. The number of fused-ring (bicyclic) bond motifs is 5. The summed E-state index contributed by atoms with van der Waals surface area (Å²) in [6.45, 7) is 12.6. The second-order valence-corrected chi connectivity index (χ2v) is 14.3. The minimum Gasteiger partial charge on any atom is -0.458 e. The Balaban J connectivity index is 1.23. The molecular weight excluding hydrogens is 452 g/mol. The molecule has 0 spiro atoms. The lowest BCUT2D eigenvalue weighted by Gasteiger charge is -2.58. The number of unbranched alkanes of at least 4 members (excludes halogenated alkanes) is 1. The van der Waals surface area contributed by atoms with E-state index in [0.29, 0.717) is 16.4 Å². The van der Waals surface area contributed by atoms with E-state index in [1.54, 1.807) is 5.57 Å². The molecule has 4 aliphatic carbocycles. The maximum atomic E-state index is 12.7. The van der Waals surface area contributed by atoms with Crippen molar-refractivity contribution in [2.45, 2.75) is 118 Å². The molecule has 4 aliphatic rings. The lowest BCUT2D eigenvalue weighted by atomic mass is 9.47. The highest BCUT2D eigenvalue weighted by Crippen LogP contribution is 2.67. The van der Waals surface area contributed by atoms with Crippen molar-refractivity contribution >= 4 is 5.97 Å². The Morgan fingerprint density at radius 3 is 2.46 bits per heavy atom. The molecule has 1 aromatic rings. The van der Waals surface area contributed by atoms with Crippen LogP contribution in [0.25, 0.3) is 0 Å². The largest absolute Gasteiger partial charge is 0.458 e. The van der Waals surface area contributed by atoms with E-state index in [1.165, 1.54) is 64.2 Å². The van der Waals surface area contributed by atoms with Gasteiger partial charge in [-0.1, -0.05) is 90.2 Å². The van der Waals surface area contributed by atoms with Crippen LogP contribution in [0, 0.1) is 46.3 Å². The number of allylic oxidation sites excluding steroid dienone is 1. The Bertz CT molecular complexity index is 963. The predicted octanol–water partition coefficient (Wildman–Crippen LogP) is 9.64. The SMILES string of the molecule is CC(C)CCCC[C@@H](C)[C@H]1CCC2C3CC=C4C[C@@H](OC(=O)c5ccccc5)CC[C@]4(C)C3CC[C@@]21C. The second-order valence-electron chi connectivity index (χ2n) is 14.3. The van der Waals surface area contributed by atoms with Gasteiger partial charge in [-0.2, -0.15) is 0 Å². The van der Waals surface area contributed by atoms with Crippen molar-refractivity contribution in [1.82, 2.24) is 0 Å². The van der Waals surface area contributed by atoms with E-state index < -0.39 is 0 Å². The van der Waals surface area contributed by atoms with Crippen LogP contribution in [0.4, 0.5) is 0 Å². The third kappa shape index (κ3) is 5.20. The van der Waals surface area contributed by atoms with Crippen LogP contribution in [0.1, 0.15) is 122 Å². The zero-order valence-electron chi connectivity index (χ0n) is 24.3. The van der Waals surface area contributed by atoms with Gasteiger partial charge in [0.05, 0.1) is 5.56 Å². The van der Waals surface area contributed by atoms with Gasteiger partial charge in [0.2, 0.25) is 0 Å². The molecule has 0 N–H and O–H groups in total. The predicted molar refractivity (Wildman–Crippen MR) is 153 cm³/mol. The van der Waals surface area contributed by atoms with Gasteiger partial charge in [0.1, 0.15) is 6.10 Å². The van der Waals surface area contributed by atoms with Gasteiger partial charge in [0.15, 0.2) is 0 Å². The maximum absolute atomic E-state index is 12.7. The molecule has 37 heavy (non-hydrogen) atoms. The monoisotopic (exact) mass is 504 g/mol. The Labute approximate surface area is 227 Å². The number of carbonyl (C=O) groups excluding carboxylic acids is 1. The van der Waals surface area contributed by atoms with Crippen molar-refractivity contribution in [2.24, 2.45) is 46.3 Å². The highest BCUT2D eigenvalue weighted by molar-refractivity contribution is 5.89. The van der Waals surface area contributed by atoms with Crippen LogP contribution >= 0.6 is 0 Å². The lowest BCUT2D eigenvalue weighted by molar-refractivity contribution is -0.0594. The van der Waals surface area contributed by atoms with Crippen molar-refractivity contribution in [3.05, 3.63) is 47.5 Å². The molecule has 3 saturated carbocycles. The van der Waals surface area contributed by atoms with Crippen molar-refractivity contribution in [3.8, 4) is 0 Å². The van der Waals surface area contributed by atoms with Gasteiger partial charge in [-0.3, -0.25) is 0 Å². The number of carbonyl (C=O) groups is 1. The molecule has 0 aliphatic heterocycles. The fourth-order valence-electron chi connectivity index (χ4n) is 9.72. The molecule has 3 unspecified atom stereocenters. The molecule has 0 amide bonds. The van der Waals surface area contributed by atoms with Gasteiger partial charge in [0, 0.05) is 6.42 Å². The van der Waals surface area contributed by atoms with Crippen molar-refractivity contribution in [3.63, 3.8) is 0 Å². The van der Waals surface area contributed by atoms with Gasteiger partial charge in [-0.15, -0.1) is 0 Å². The van der Waals surface area contributed by atoms with E-state index in [2.05, 4.69) is 40.7 Å². The van der Waals surface area contributed by atoms with Crippen molar-refractivity contribution in [2.75, 3.05) is 0 Å². The Morgan fingerprint density at radius 1 is 0.946 bits per heavy atom. The van der Waals surface area contributed by atoms with Crippen LogP contribution in [0.2, 0.25) is 0 Å². The summed E-state index contributed by atoms with van der Waals surface area (Å²) >= 11 is 0. The number of rotatable bonds is 8. The molecule has 1 aromatic carbocycles. The molecule has 0 saturated heterocycles. The third-order valence-electron chi connectivity index (χ3n) is 11.8. The first-order chi connectivity index (χ1) is 17.7. The summed E-state index contributed by atoms with van der Waals surface area (Å²) in [4.78, 5) is 12.7.